The number of nitrogens with zero attached hydrogens (tertiary/aromatic N) is 3. The number of nitrogens with one attached hydrogen (secondary N) is 2. The third kappa shape index (κ3) is 5.60. The summed E-state index contributed by atoms with van der Waals surface area (Å²) < 4.78 is 21.1. The molecule has 11 nitrogen and oxygen atoms in total. The van der Waals surface area contributed by atoms with Crippen LogP contribution >= 0.6 is 11.6 Å². The Morgan fingerprint density at radius 1 is 1.16 bits per heavy atom. The Morgan fingerprint density at radius 2 is 1.95 bits per heavy atom. The van der Waals surface area contributed by atoms with Crippen molar-refractivity contribution in [1.82, 2.24) is 14.5 Å². The lowest BCUT2D eigenvalue weighted by molar-refractivity contribution is -0.119. The SMILES string of the molecule is CO[C@@H]1C[C@H](C(=O)Nc2ccc(-n3c(C(=O)O)cccc3=O)cc2F)N(C(=O)Nc2ccc(Cl)cn2)C1. The van der Waals surface area contributed by atoms with E-state index >= 15 is 0 Å². The largest absolute Gasteiger partial charge is 0.477 e. The highest BCUT2D eigenvalue weighted by Gasteiger charge is 2.40. The van der Waals surface area contributed by atoms with Gasteiger partial charge in [-0.1, -0.05) is 17.7 Å². The number of halogens is 2. The minimum atomic E-state index is -1.36. The number of amides is 3. The minimum absolute atomic E-state index is 0.0321. The zero-order valence-corrected chi connectivity index (χ0v) is 20.1. The summed E-state index contributed by atoms with van der Waals surface area (Å²) in [6, 6.07) is 8.56. The molecule has 1 aliphatic heterocycles. The Labute approximate surface area is 214 Å². The summed E-state index contributed by atoms with van der Waals surface area (Å²) in [7, 11) is 1.46. The molecule has 3 amide bonds. The van der Waals surface area contributed by atoms with Crippen molar-refractivity contribution in [3.05, 3.63) is 81.6 Å². The van der Waals surface area contributed by atoms with Gasteiger partial charge in [0.2, 0.25) is 5.91 Å². The Hall–Kier alpha value is -4.29. The van der Waals surface area contributed by atoms with Crippen molar-refractivity contribution in [3.8, 4) is 5.69 Å². The standard InChI is InChI=1S/C24H21ClFN5O6/c1-37-15-10-19(30(12-15)24(36)29-20-8-5-13(25)11-27-20)22(33)28-17-7-6-14(9-16(17)26)31-18(23(34)35)3-2-4-21(31)32/h2-9,11,15,19H,10,12H2,1H3,(H,28,33)(H,34,35)(H,27,29,36)/t15-,19-/m1/s1. The number of carbonyl (C=O) groups is 3. The fourth-order valence-corrected chi connectivity index (χ4v) is 4.07. The van der Waals surface area contributed by atoms with Gasteiger partial charge in [-0.25, -0.2) is 19.0 Å². The molecule has 2 aromatic heterocycles. The van der Waals surface area contributed by atoms with Crippen LogP contribution in [0.4, 0.5) is 20.7 Å². The summed E-state index contributed by atoms with van der Waals surface area (Å²) in [6.07, 6.45) is 1.11. The third-order valence-electron chi connectivity index (χ3n) is 5.76. The van der Waals surface area contributed by atoms with Crippen molar-refractivity contribution in [2.45, 2.75) is 18.6 Å². The average molecular weight is 530 g/mol. The minimum Gasteiger partial charge on any atom is -0.477 e. The first-order valence-corrected chi connectivity index (χ1v) is 11.3. The van der Waals surface area contributed by atoms with Crippen LogP contribution in [0.25, 0.3) is 5.69 Å². The maximum Gasteiger partial charge on any atom is 0.352 e. The summed E-state index contributed by atoms with van der Waals surface area (Å²) in [5.41, 5.74) is -1.26. The number of carbonyl (C=O) groups excluding carboxylic acids is 2. The van der Waals surface area contributed by atoms with E-state index in [1.165, 1.54) is 48.5 Å². The van der Waals surface area contributed by atoms with E-state index in [4.69, 9.17) is 16.3 Å². The molecule has 192 valence electrons. The monoisotopic (exact) mass is 529 g/mol. The molecule has 1 saturated heterocycles. The molecular weight excluding hydrogens is 509 g/mol. The van der Waals surface area contributed by atoms with E-state index in [2.05, 4.69) is 15.6 Å². The first kappa shape index (κ1) is 25.8. The van der Waals surface area contributed by atoms with E-state index < -0.39 is 41.4 Å². The summed E-state index contributed by atoms with van der Waals surface area (Å²) in [5.74, 6) is -2.70. The molecule has 0 unspecified atom stereocenters. The molecule has 3 heterocycles. The van der Waals surface area contributed by atoms with Crippen molar-refractivity contribution in [2.75, 3.05) is 24.3 Å². The number of hydrogen-bond donors (Lipinski definition) is 3. The van der Waals surface area contributed by atoms with Crippen LogP contribution in [0.3, 0.4) is 0 Å². The van der Waals surface area contributed by atoms with Crippen LogP contribution in [0, 0.1) is 5.82 Å². The fourth-order valence-electron chi connectivity index (χ4n) is 3.96. The van der Waals surface area contributed by atoms with Crippen LogP contribution in [0.15, 0.2) is 59.5 Å². The molecule has 3 N–H and O–H groups in total. The summed E-state index contributed by atoms with van der Waals surface area (Å²) in [4.78, 5) is 54.9. The van der Waals surface area contributed by atoms with Gasteiger partial charge in [0.25, 0.3) is 5.56 Å². The van der Waals surface area contributed by atoms with Crippen LogP contribution in [-0.2, 0) is 9.53 Å². The number of ether oxygens (including phenoxy) is 1. The van der Waals surface area contributed by atoms with Gasteiger partial charge in [-0.2, -0.15) is 0 Å². The van der Waals surface area contributed by atoms with Gasteiger partial charge in [0, 0.05) is 38.4 Å². The highest BCUT2D eigenvalue weighted by atomic mass is 35.5. The van der Waals surface area contributed by atoms with Gasteiger partial charge in [-0.3, -0.25) is 19.5 Å². The van der Waals surface area contributed by atoms with Crippen LogP contribution in [-0.4, -0.2) is 63.3 Å². The topological polar surface area (TPSA) is 143 Å². The van der Waals surface area contributed by atoms with Crippen LogP contribution in [0.5, 0.6) is 0 Å². The summed E-state index contributed by atoms with van der Waals surface area (Å²) >= 11 is 5.81. The van der Waals surface area contributed by atoms with E-state index in [0.717, 1.165) is 16.7 Å². The Morgan fingerprint density at radius 3 is 2.59 bits per heavy atom. The first-order valence-electron chi connectivity index (χ1n) is 11.0. The maximum absolute atomic E-state index is 15.0. The van der Waals surface area contributed by atoms with Gasteiger partial charge < -0.3 is 20.1 Å². The number of hydrogen-bond acceptors (Lipinski definition) is 6. The van der Waals surface area contributed by atoms with Gasteiger partial charge in [-0.15, -0.1) is 0 Å². The Kier molecular flexibility index (Phi) is 7.50. The number of anilines is 2. The van der Waals surface area contributed by atoms with Crippen molar-refractivity contribution in [1.29, 1.82) is 0 Å². The predicted octanol–water partition coefficient (Wildman–Crippen LogP) is 2.98. The maximum atomic E-state index is 15.0. The molecule has 3 aromatic rings. The molecular formula is C24H21ClFN5O6. The molecule has 13 heteroatoms. The quantitative estimate of drug-likeness (QED) is 0.445. The number of aromatic carboxylic acids is 1. The predicted molar refractivity (Wildman–Crippen MR) is 132 cm³/mol. The molecule has 4 rings (SSSR count). The van der Waals surface area contributed by atoms with Gasteiger partial charge in [0.15, 0.2) is 0 Å². The van der Waals surface area contributed by atoms with E-state index in [1.807, 2.05) is 0 Å². The molecule has 1 aliphatic rings. The molecule has 0 spiro atoms. The van der Waals surface area contributed by atoms with Crippen molar-refractivity contribution in [3.63, 3.8) is 0 Å². The zero-order chi connectivity index (χ0) is 26.7. The number of aromatic nitrogens is 2. The molecule has 2 atom stereocenters. The molecule has 0 saturated carbocycles. The molecule has 37 heavy (non-hydrogen) atoms. The number of pyridine rings is 2. The molecule has 1 fully saturated rings. The first-order chi connectivity index (χ1) is 17.7. The smallest absolute Gasteiger partial charge is 0.352 e. The Bertz CT molecular complexity index is 1410. The van der Waals surface area contributed by atoms with Crippen LogP contribution in [0.2, 0.25) is 5.02 Å². The number of likely N-dealkylation sites (tertiary alicyclic amines) is 1. The second-order valence-electron chi connectivity index (χ2n) is 8.10. The van der Waals surface area contributed by atoms with Gasteiger partial charge in [-0.05, 0) is 30.3 Å². The third-order valence-corrected chi connectivity index (χ3v) is 5.99. The lowest BCUT2D eigenvalue weighted by Gasteiger charge is -2.24. The number of rotatable bonds is 6. The van der Waals surface area contributed by atoms with Crippen molar-refractivity contribution < 1.29 is 28.6 Å². The Balaban J connectivity index is 1.54. The normalized spacial score (nSPS) is 16.9. The zero-order valence-electron chi connectivity index (χ0n) is 19.4. The molecule has 0 aliphatic carbocycles. The second kappa shape index (κ2) is 10.8. The second-order valence-corrected chi connectivity index (χ2v) is 8.53. The number of urea groups is 1. The highest BCUT2D eigenvalue weighted by molar-refractivity contribution is 6.30. The molecule has 0 radical (unpaired) electrons. The van der Waals surface area contributed by atoms with Crippen molar-refractivity contribution in [2.24, 2.45) is 0 Å². The van der Waals surface area contributed by atoms with E-state index in [-0.39, 0.29) is 35.9 Å². The lowest BCUT2D eigenvalue weighted by atomic mass is 10.1. The number of carboxylic acids is 1. The number of benzene rings is 1. The average Bonchev–Trinajstić information content (AvgIpc) is 3.31. The fraction of sp³-hybridized carbons (Fsp3) is 0.208. The lowest BCUT2D eigenvalue weighted by Crippen LogP contribution is -2.45. The molecule has 1 aromatic carbocycles. The summed E-state index contributed by atoms with van der Waals surface area (Å²) in [6.45, 7) is 0.115. The van der Waals surface area contributed by atoms with E-state index in [1.54, 1.807) is 6.07 Å². The number of carboxylic acid groups (broad SMARTS) is 1. The van der Waals surface area contributed by atoms with Gasteiger partial charge in [0.05, 0.1) is 22.5 Å². The summed E-state index contributed by atoms with van der Waals surface area (Å²) in [5, 5.41) is 14.8. The van der Waals surface area contributed by atoms with Crippen LogP contribution < -0.4 is 16.2 Å². The molecule has 0 bridgehead atoms. The van der Waals surface area contributed by atoms with E-state index in [0.29, 0.717) is 5.02 Å². The van der Waals surface area contributed by atoms with E-state index in [9.17, 15) is 28.7 Å². The van der Waals surface area contributed by atoms with Gasteiger partial charge in [0.1, 0.15) is 23.4 Å². The number of methoxy groups -OCH3 is 1. The van der Waals surface area contributed by atoms with Gasteiger partial charge >= 0.3 is 12.0 Å². The van der Waals surface area contributed by atoms with Crippen molar-refractivity contribution >= 4 is 41.0 Å². The highest BCUT2D eigenvalue weighted by Crippen LogP contribution is 2.25. The van der Waals surface area contributed by atoms with Crippen LogP contribution in [0.1, 0.15) is 16.9 Å².